The molecule has 5 rings (SSSR count). The van der Waals surface area contributed by atoms with Crippen molar-refractivity contribution in [1.82, 2.24) is 20.0 Å². The Bertz CT molecular complexity index is 1650. The molecule has 0 radical (unpaired) electrons. The lowest BCUT2D eigenvalue weighted by Gasteiger charge is -2.06. The average Bonchev–Trinajstić information content (AvgIpc) is 3.17. The number of aromatic hydroxyl groups is 1. The number of benzene rings is 3. The van der Waals surface area contributed by atoms with Crippen molar-refractivity contribution in [2.45, 2.75) is 13.5 Å². The highest BCUT2D eigenvalue weighted by atomic mass is 19.1. The number of phenols is 1. The summed E-state index contributed by atoms with van der Waals surface area (Å²) >= 11 is 0. The van der Waals surface area contributed by atoms with Crippen molar-refractivity contribution in [3.8, 4) is 11.5 Å². The van der Waals surface area contributed by atoms with E-state index in [2.05, 4.69) is 20.4 Å². The molecule has 0 atom stereocenters. The van der Waals surface area contributed by atoms with E-state index in [1.165, 1.54) is 29.1 Å². The van der Waals surface area contributed by atoms with E-state index in [1.54, 1.807) is 30.3 Å². The number of halogens is 1. The van der Waals surface area contributed by atoms with Crippen LogP contribution >= 0.6 is 0 Å². The summed E-state index contributed by atoms with van der Waals surface area (Å²) < 4.78 is 20.0. The van der Waals surface area contributed by atoms with Crippen LogP contribution in [0.3, 0.4) is 0 Å². The van der Waals surface area contributed by atoms with Gasteiger partial charge >= 0.3 is 0 Å². The Morgan fingerprint density at radius 2 is 1.86 bits per heavy atom. The van der Waals surface area contributed by atoms with Crippen LogP contribution in [0.2, 0.25) is 0 Å². The molecule has 1 amide bonds. The van der Waals surface area contributed by atoms with Gasteiger partial charge in [0, 0.05) is 6.54 Å². The lowest BCUT2D eigenvalue weighted by molar-refractivity contribution is 0.0953. The van der Waals surface area contributed by atoms with Gasteiger partial charge in [-0.2, -0.15) is 9.78 Å². The van der Waals surface area contributed by atoms with Crippen LogP contribution in [0.25, 0.3) is 22.2 Å². The van der Waals surface area contributed by atoms with E-state index in [-0.39, 0.29) is 29.5 Å². The van der Waals surface area contributed by atoms with Crippen molar-refractivity contribution in [3.05, 3.63) is 89.2 Å². The molecule has 0 unspecified atom stereocenters. The molecule has 0 spiro atoms. The molecule has 2 heterocycles. The zero-order valence-electron chi connectivity index (χ0n) is 19.9. The van der Waals surface area contributed by atoms with E-state index in [9.17, 15) is 14.3 Å². The average molecular weight is 499 g/mol. The van der Waals surface area contributed by atoms with Crippen LogP contribution in [-0.4, -0.2) is 38.5 Å². The molecular weight excluding hydrogens is 475 g/mol. The molecule has 10 heteroatoms. The second-order valence-corrected chi connectivity index (χ2v) is 8.17. The number of nitrogens with zero attached hydrogens (tertiary/aromatic N) is 4. The molecule has 37 heavy (non-hydrogen) atoms. The highest BCUT2D eigenvalue weighted by Crippen LogP contribution is 2.29. The highest BCUT2D eigenvalue weighted by Gasteiger charge is 2.24. The first-order chi connectivity index (χ1) is 17.9. The SMILES string of the molecule is CCOc1cc(/C=N\n2c(N)c(C(=O)NCc3ccc(F)cc3)c3nc4ccccc4nc32)ccc1O. The largest absolute Gasteiger partial charge is 0.504 e. The smallest absolute Gasteiger partial charge is 0.257 e. The van der Waals surface area contributed by atoms with Gasteiger partial charge in [-0.25, -0.2) is 14.4 Å². The number of para-hydroxylation sites is 2. The third kappa shape index (κ3) is 4.76. The zero-order valence-corrected chi connectivity index (χ0v) is 19.9. The number of amides is 1. The molecule has 5 aromatic rings. The Morgan fingerprint density at radius 1 is 1.14 bits per heavy atom. The van der Waals surface area contributed by atoms with Gasteiger partial charge in [-0.1, -0.05) is 24.3 Å². The van der Waals surface area contributed by atoms with E-state index < -0.39 is 5.91 Å². The van der Waals surface area contributed by atoms with Gasteiger partial charge in [0.1, 0.15) is 22.7 Å². The standard InChI is InChI=1S/C27H23FN6O3/c1-2-37-22-13-17(9-12-21(22)35)15-31-34-25(29)23(27(36)30-14-16-7-10-18(28)11-8-16)24-26(34)33-20-6-4-3-5-19(20)32-24/h3-13,15,35H,2,14,29H2,1H3,(H,30,36)/b31-15-. The molecule has 0 fully saturated rings. The maximum Gasteiger partial charge on any atom is 0.257 e. The molecule has 4 N–H and O–H groups in total. The summed E-state index contributed by atoms with van der Waals surface area (Å²) in [6.45, 7) is 2.38. The van der Waals surface area contributed by atoms with E-state index in [4.69, 9.17) is 10.5 Å². The summed E-state index contributed by atoms with van der Waals surface area (Å²) in [5.41, 5.74) is 9.75. The molecular formula is C27H23FN6O3. The molecule has 0 saturated heterocycles. The number of phenolic OH excluding ortho intramolecular Hbond substituents is 1. The molecule has 0 aliphatic rings. The number of anilines is 1. The van der Waals surface area contributed by atoms with Gasteiger partial charge in [0.05, 0.1) is 23.9 Å². The number of aromatic nitrogens is 3. The molecule has 3 aromatic carbocycles. The molecule has 0 saturated carbocycles. The molecule has 186 valence electrons. The number of hydrogen-bond donors (Lipinski definition) is 3. The lowest BCUT2D eigenvalue weighted by atomic mass is 10.2. The van der Waals surface area contributed by atoms with Crippen molar-refractivity contribution >= 4 is 40.1 Å². The summed E-state index contributed by atoms with van der Waals surface area (Å²) in [5.74, 6) is -0.425. The summed E-state index contributed by atoms with van der Waals surface area (Å²) in [6.07, 6.45) is 1.52. The van der Waals surface area contributed by atoms with Crippen LogP contribution in [0.5, 0.6) is 11.5 Å². The summed E-state index contributed by atoms with van der Waals surface area (Å²) in [7, 11) is 0. The fourth-order valence-electron chi connectivity index (χ4n) is 3.87. The topological polar surface area (TPSA) is 128 Å². The summed E-state index contributed by atoms with van der Waals surface area (Å²) in [4.78, 5) is 22.6. The van der Waals surface area contributed by atoms with Gasteiger partial charge < -0.3 is 20.9 Å². The van der Waals surface area contributed by atoms with Crippen molar-refractivity contribution in [3.63, 3.8) is 0 Å². The number of rotatable bonds is 7. The quantitative estimate of drug-likeness (QED) is 0.288. The number of hydrogen-bond acceptors (Lipinski definition) is 7. The van der Waals surface area contributed by atoms with Crippen molar-refractivity contribution in [2.75, 3.05) is 12.3 Å². The maximum absolute atomic E-state index is 13.3. The minimum absolute atomic E-state index is 0.0161. The van der Waals surface area contributed by atoms with Crippen LogP contribution in [0.1, 0.15) is 28.4 Å². The normalized spacial score (nSPS) is 11.4. The van der Waals surface area contributed by atoms with Gasteiger partial charge in [0.25, 0.3) is 5.91 Å². The number of carbonyl (C=O) groups excluding carboxylic acids is 1. The first-order valence-corrected chi connectivity index (χ1v) is 11.5. The number of carbonyl (C=O) groups is 1. The van der Waals surface area contributed by atoms with Crippen LogP contribution in [0, 0.1) is 5.82 Å². The Morgan fingerprint density at radius 3 is 2.59 bits per heavy atom. The van der Waals surface area contributed by atoms with Crippen LogP contribution in [0.15, 0.2) is 71.8 Å². The first-order valence-electron chi connectivity index (χ1n) is 11.5. The van der Waals surface area contributed by atoms with Crippen LogP contribution in [-0.2, 0) is 6.54 Å². The number of ether oxygens (including phenoxy) is 1. The Hall–Kier alpha value is -4.99. The third-order valence-electron chi connectivity index (χ3n) is 5.67. The fourth-order valence-corrected chi connectivity index (χ4v) is 3.87. The van der Waals surface area contributed by atoms with Crippen molar-refractivity contribution in [1.29, 1.82) is 0 Å². The highest BCUT2D eigenvalue weighted by molar-refractivity contribution is 6.10. The van der Waals surface area contributed by atoms with E-state index in [0.29, 0.717) is 40.1 Å². The number of fused-ring (bicyclic) bond motifs is 2. The molecule has 0 aliphatic heterocycles. The number of nitrogens with two attached hydrogens (primary N) is 1. The first kappa shape index (κ1) is 23.7. The number of nitrogens with one attached hydrogen (secondary N) is 1. The van der Waals surface area contributed by atoms with Gasteiger partial charge in [-0.05, 0) is 60.5 Å². The van der Waals surface area contributed by atoms with Crippen LogP contribution < -0.4 is 15.8 Å². The Balaban J connectivity index is 1.56. The zero-order chi connectivity index (χ0) is 25.9. The minimum Gasteiger partial charge on any atom is -0.504 e. The predicted molar refractivity (Wildman–Crippen MR) is 139 cm³/mol. The number of nitrogen functional groups attached to an aromatic ring is 1. The second-order valence-electron chi connectivity index (χ2n) is 8.17. The molecule has 0 aliphatic carbocycles. The van der Waals surface area contributed by atoms with Gasteiger partial charge in [-0.3, -0.25) is 4.79 Å². The predicted octanol–water partition coefficient (Wildman–Crippen LogP) is 4.22. The van der Waals surface area contributed by atoms with E-state index in [1.807, 2.05) is 25.1 Å². The van der Waals surface area contributed by atoms with Crippen LogP contribution in [0.4, 0.5) is 10.2 Å². The Kier molecular flexibility index (Phi) is 6.38. The van der Waals surface area contributed by atoms with E-state index in [0.717, 1.165) is 5.56 Å². The Labute approximate surface area is 211 Å². The third-order valence-corrected chi connectivity index (χ3v) is 5.67. The van der Waals surface area contributed by atoms with Gasteiger partial charge in [0.15, 0.2) is 17.1 Å². The fraction of sp³-hybridized carbons (Fsp3) is 0.111. The minimum atomic E-state index is -0.464. The van der Waals surface area contributed by atoms with E-state index >= 15 is 0 Å². The molecule has 2 aromatic heterocycles. The van der Waals surface area contributed by atoms with Crippen molar-refractivity contribution in [2.24, 2.45) is 5.10 Å². The lowest BCUT2D eigenvalue weighted by Crippen LogP contribution is -2.23. The monoisotopic (exact) mass is 498 g/mol. The second kappa shape index (κ2) is 9.94. The van der Waals surface area contributed by atoms with Gasteiger partial charge in [-0.15, -0.1) is 0 Å². The molecule has 9 nitrogen and oxygen atoms in total. The van der Waals surface area contributed by atoms with Gasteiger partial charge in [0.2, 0.25) is 0 Å². The van der Waals surface area contributed by atoms with Crippen molar-refractivity contribution < 1.29 is 19.0 Å². The molecule has 0 bridgehead atoms. The summed E-state index contributed by atoms with van der Waals surface area (Å²) in [5, 5.41) is 17.3. The summed E-state index contributed by atoms with van der Waals surface area (Å²) in [6, 6.07) is 17.9. The maximum atomic E-state index is 13.3.